The zero-order chi connectivity index (χ0) is 2.00. The molecule has 0 atom stereocenters. The van der Waals surface area contributed by atoms with Gasteiger partial charge in [-0.15, -0.1) is 0 Å². The molecule has 0 N–H and O–H groups in total. The van der Waals surface area contributed by atoms with Gasteiger partial charge >= 0.3 is 67.7 Å². The molecule has 4 heavy (non-hydrogen) atoms. The Labute approximate surface area is 77.8 Å². The normalized spacial score (nSPS) is 1.00. The zero-order valence-electron chi connectivity index (χ0n) is 1.12. The van der Waals surface area contributed by atoms with Crippen molar-refractivity contribution in [3.8, 4) is 0 Å². The second-order valence-corrected chi connectivity index (χ2v) is 0. The number of carbonyl (C=O) groups excluding carboxylic acids is 1. The average Bonchev–Trinajstić information content (AvgIpc) is 1.00. The molecule has 0 aromatic heterocycles. The summed E-state index contributed by atoms with van der Waals surface area (Å²) in [6.07, 6.45) is 0. The van der Waals surface area contributed by atoms with E-state index in [1.54, 1.807) is 0 Å². The van der Waals surface area contributed by atoms with Crippen LogP contribution in [0.4, 0.5) is 0 Å². The molecule has 0 aliphatic carbocycles. The number of carbonyl (C=O) groups is 1. The van der Waals surface area contributed by atoms with Crippen LogP contribution in [0.3, 0.4) is 0 Å². The second-order valence-electron chi connectivity index (χ2n) is 0. The molecule has 0 amide bonds. The van der Waals surface area contributed by atoms with E-state index in [1.165, 1.54) is 0 Å². The summed E-state index contributed by atoms with van der Waals surface area (Å²) in [5, 5.41) is 0. The molecule has 0 unspecified atom stereocenters. The van der Waals surface area contributed by atoms with Crippen LogP contribution in [0.5, 0.6) is 0 Å². The van der Waals surface area contributed by atoms with E-state index in [9.17, 15) is 0 Å². The summed E-state index contributed by atoms with van der Waals surface area (Å²) in [7, 11) is 0. The van der Waals surface area contributed by atoms with Gasteiger partial charge < -0.3 is 4.79 Å². The van der Waals surface area contributed by atoms with Gasteiger partial charge in [-0.05, 0) is 0 Å². The van der Waals surface area contributed by atoms with Gasteiger partial charge in [-0.1, -0.05) is 0 Å². The van der Waals surface area contributed by atoms with Crippen molar-refractivity contribution in [2.75, 3.05) is 0 Å². The van der Waals surface area contributed by atoms with Gasteiger partial charge in [0.25, 0.3) is 0 Å². The van der Waals surface area contributed by atoms with Crippen LogP contribution in [0.25, 0.3) is 0 Å². The Balaban J connectivity index is -0.00000000500. The third-order valence-electron chi connectivity index (χ3n) is 0. The van der Waals surface area contributed by atoms with E-state index >= 15 is 0 Å². The first-order valence-corrected chi connectivity index (χ1v) is 0.289. The van der Waals surface area contributed by atoms with Crippen LogP contribution >= 0.6 is 0 Å². The molecule has 0 fully saturated rings. The third-order valence-corrected chi connectivity index (χ3v) is 0. The molecule has 0 aliphatic rings. The van der Waals surface area contributed by atoms with Gasteiger partial charge in [-0.25, -0.2) is 0 Å². The Morgan fingerprint density at radius 1 is 1.25 bits per heavy atom. The van der Waals surface area contributed by atoms with E-state index in [2.05, 4.69) is 0 Å². The van der Waals surface area contributed by atoms with Gasteiger partial charge in [0.15, 0.2) is 0 Å². The van der Waals surface area contributed by atoms with Crippen LogP contribution in [0.15, 0.2) is 0 Å². The Kier molecular flexibility index (Phi) is 89.4. The molecule has 0 saturated heterocycles. The van der Waals surface area contributed by atoms with Crippen molar-refractivity contribution in [1.29, 1.82) is 0 Å². The molecule has 0 saturated carbocycles. The molecule has 0 aromatic rings. The van der Waals surface area contributed by atoms with E-state index in [4.69, 9.17) is 4.79 Å². The Morgan fingerprint density at radius 2 is 1.25 bits per heavy atom. The topological polar surface area (TPSA) is 17.1 Å². The average molecular weight is 177 g/mol. The maximum atomic E-state index is 8.00. The van der Waals surface area contributed by atoms with Crippen LogP contribution in [-0.2, 0) is 4.79 Å². The van der Waals surface area contributed by atoms with Crippen molar-refractivity contribution >= 4 is 74.5 Å². The van der Waals surface area contributed by atoms with E-state index in [0.717, 1.165) is 0 Å². The molecule has 1 nitrogen and oxygen atoms in total. The molecule has 0 rings (SSSR count). The molecule has 0 spiro atoms. The van der Waals surface area contributed by atoms with Crippen molar-refractivity contribution in [1.82, 2.24) is 0 Å². The van der Waals surface area contributed by atoms with Crippen molar-refractivity contribution in [2.45, 2.75) is 0 Å². The molecule has 0 bridgehead atoms. The summed E-state index contributed by atoms with van der Waals surface area (Å²) < 4.78 is 0. The Morgan fingerprint density at radius 3 is 1.25 bits per heavy atom. The van der Waals surface area contributed by atoms with E-state index in [0.29, 0.717) is 0 Å². The van der Waals surface area contributed by atoms with Crippen LogP contribution in [0.2, 0.25) is 0 Å². The van der Waals surface area contributed by atoms with E-state index in [1.807, 2.05) is 6.79 Å². The van der Waals surface area contributed by atoms with Crippen LogP contribution in [0, 0.1) is 0 Å². The Bertz CT molecular complexity index is 8.00. The monoisotopic (exact) mass is 178 g/mol. The van der Waals surface area contributed by atoms with Gasteiger partial charge in [0.2, 0.25) is 0 Å². The van der Waals surface area contributed by atoms with Crippen molar-refractivity contribution in [2.24, 2.45) is 0 Å². The summed E-state index contributed by atoms with van der Waals surface area (Å²) in [5.74, 6) is 0. The second kappa shape index (κ2) is 21.1. The molecular weight excluding hydrogens is 172 g/mol. The van der Waals surface area contributed by atoms with Crippen molar-refractivity contribution in [3.63, 3.8) is 0 Å². The Hall–Kier alpha value is 1.84. The van der Waals surface area contributed by atoms with Gasteiger partial charge in [0.05, 0.1) is 0 Å². The minimum absolute atomic E-state index is 0. The van der Waals surface area contributed by atoms with Crippen LogP contribution in [-0.4, -0.2) is 74.5 Å². The first-order valence-electron chi connectivity index (χ1n) is 0.289. The summed E-state index contributed by atoms with van der Waals surface area (Å²) in [6.45, 7) is 2.00. The number of rotatable bonds is 0. The fourth-order valence-corrected chi connectivity index (χ4v) is 0. The summed E-state index contributed by atoms with van der Waals surface area (Å²) >= 11 is 0. The van der Waals surface area contributed by atoms with E-state index in [-0.39, 0.29) is 67.7 Å². The minimum atomic E-state index is 0. The van der Waals surface area contributed by atoms with Gasteiger partial charge in [-0.3, -0.25) is 0 Å². The van der Waals surface area contributed by atoms with Gasteiger partial charge in [0, 0.05) is 0 Å². The van der Waals surface area contributed by atoms with Gasteiger partial charge in [0.1, 0.15) is 6.79 Å². The predicted octanol–water partition coefficient (Wildman–Crippen LogP) is -1.75. The standard InChI is InChI=1S/CH2O.Ba.Li.3H/c1-2;;;;;/h1H2;;;;;. The molecule has 18 valence electrons. The zero-order valence-corrected chi connectivity index (χ0v) is 1.12. The molecule has 0 radical (unpaired) electrons. The number of hydrogen-bond acceptors (Lipinski definition) is 1. The fraction of sp³-hybridized carbons (Fsp3) is 0. The molecule has 0 heterocycles. The fourth-order valence-electron chi connectivity index (χ4n) is 0. The SMILES string of the molecule is C=O.[BaH2].[LiH]. The van der Waals surface area contributed by atoms with Gasteiger partial charge in [-0.2, -0.15) is 0 Å². The summed E-state index contributed by atoms with van der Waals surface area (Å²) in [5.41, 5.74) is 0. The maximum absolute atomic E-state index is 8.00. The molecule has 3 heteroatoms. The third kappa shape index (κ3) is 9.15. The van der Waals surface area contributed by atoms with Crippen LogP contribution in [0.1, 0.15) is 0 Å². The molecular formula is CH5BaLiO. The van der Waals surface area contributed by atoms with Crippen LogP contribution < -0.4 is 0 Å². The molecule has 0 aromatic carbocycles. The van der Waals surface area contributed by atoms with E-state index < -0.39 is 0 Å². The van der Waals surface area contributed by atoms with Crippen molar-refractivity contribution < 1.29 is 4.79 Å². The first-order chi connectivity index (χ1) is 1.00. The molecule has 0 aliphatic heterocycles. The number of hydrogen-bond donors (Lipinski definition) is 0. The summed E-state index contributed by atoms with van der Waals surface area (Å²) in [4.78, 5) is 8.00. The predicted molar refractivity (Wildman–Crippen MR) is 22.8 cm³/mol. The van der Waals surface area contributed by atoms with Crippen molar-refractivity contribution in [3.05, 3.63) is 0 Å². The summed E-state index contributed by atoms with van der Waals surface area (Å²) in [6, 6.07) is 0. The first kappa shape index (κ1) is 17.0. The quantitative estimate of drug-likeness (QED) is 0.401.